The second-order valence-electron chi connectivity index (χ2n) is 5.85. The monoisotopic (exact) mass is 530 g/mol. The van der Waals surface area contributed by atoms with E-state index in [0.717, 1.165) is 0 Å². The van der Waals surface area contributed by atoms with Gasteiger partial charge in [-0.3, -0.25) is 9.98 Å². The molecule has 0 bridgehead atoms. The van der Waals surface area contributed by atoms with Crippen molar-refractivity contribution in [3.05, 3.63) is 0 Å². The largest absolute Gasteiger partial charge is 0.467 e. The quantitative estimate of drug-likeness (QED) is 0.469. The van der Waals surface area contributed by atoms with Crippen molar-refractivity contribution >= 4 is 67.7 Å². The lowest BCUT2D eigenvalue weighted by Crippen LogP contribution is -2.25. The Morgan fingerprint density at radius 3 is 1.34 bits per heavy atom. The first-order valence-electron chi connectivity index (χ1n) is 9.75. The van der Waals surface area contributed by atoms with Gasteiger partial charge in [-0.2, -0.15) is 0 Å². The van der Waals surface area contributed by atoms with E-state index < -0.39 is 37.2 Å². The van der Waals surface area contributed by atoms with Gasteiger partial charge in [-0.1, -0.05) is 47.0 Å². The molecule has 10 nitrogen and oxygen atoms in total. The maximum atomic E-state index is 11.7. The van der Waals surface area contributed by atoms with Crippen LogP contribution in [0.5, 0.6) is 0 Å². The molecule has 1 fully saturated rings. The zero-order valence-corrected chi connectivity index (χ0v) is 21.4. The molecule has 1 rings (SSSR count). The fourth-order valence-corrected chi connectivity index (χ4v) is 6.03. The summed E-state index contributed by atoms with van der Waals surface area (Å²) in [5, 5.41) is 18.8. The Labute approximate surface area is 205 Å². The molecule has 1 heterocycles. The van der Waals surface area contributed by atoms with Crippen molar-refractivity contribution in [1.29, 1.82) is 0 Å². The van der Waals surface area contributed by atoms with E-state index in [1.165, 1.54) is 61.3 Å². The lowest BCUT2D eigenvalue weighted by atomic mass is 10.3. The maximum Gasteiger partial charge on any atom is 0.333 e. The fraction of sp³-hybridized carbons (Fsp3) is 0.778. The van der Waals surface area contributed by atoms with Crippen molar-refractivity contribution in [2.75, 3.05) is 76.9 Å². The predicted octanol–water partition coefficient (Wildman–Crippen LogP) is 0.746. The Kier molecular flexibility index (Phi) is 17.4. The molecular weight excluding hydrogens is 500 g/mol. The summed E-state index contributed by atoms with van der Waals surface area (Å²) in [6.07, 6.45) is 0. The van der Waals surface area contributed by atoms with Crippen LogP contribution in [-0.4, -0.2) is 120 Å². The summed E-state index contributed by atoms with van der Waals surface area (Å²) in [5.74, 6) is 1.34. The van der Waals surface area contributed by atoms with Gasteiger partial charge in [-0.25, -0.2) is 9.59 Å². The van der Waals surface area contributed by atoms with Crippen LogP contribution in [0.2, 0.25) is 0 Å². The standard InChI is InChI=1S/C18H30N2O8S4/c1-25-15(23)13(11-21)19-17-29-7-3-27-5-9-31-18(20-14(12-22)16(24)26-2)32-10-6-28-4-8-30-17/h13-14,21-22H,3-12H2,1-2H3/t13-,14-/m0/s1. The molecule has 0 aromatic rings. The molecule has 0 unspecified atom stereocenters. The summed E-state index contributed by atoms with van der Waals surface area (Å²) in [6, 6.07) is -1.89. The number of ether oxygens (including phenoxy) is 4. The minimum Gasteiger partial charge on any atom is -0.467 e. The van der Waals surface area contributed by atoms with Crippen LogP contribution in [0, 0.1) is 0 Å². The number of hydrogen-bond acceptors (Lipinski definition) is 14. The lowest BCUT2D eigenvalue weighted by Gasteiger charge is -2.13. The number of aliphatic imine (C=N–C) groups is 2. The first-order chi connectivity index (χ1) is 15.5. The molecule has 2 N–H and O–H groups in total. The summed E-state index contributed by atoms with van der Waals surface area (Å²) < 4.78 is 22.0. The van der Waals surface area contributed by atoms with Crippen molar-refractivity contribution in [3.63, 3.8) is 0 Å². The molecular formula is C18H30N2O8S4. The minimum atomic E-state index is -0.944. The van der Waals surface area contributed by atoms with Gasteiger partial charge in [0.1, 0.15) is 8.75 Å². The predicted molar refractivity (Wildman–Crippen MR) is 132 cm³/mol. The van der Waals surface area contributed by atoms with Crippen molar-refractivity contribution in [3.8, 4) is 0 Å². The molecule has 0 aromatic carbocycles. The molecule has 1 aliphatic heterocycles. The molecule has 0 amide bonds. The van der Waals surface area contributed by atoms with Gasteiger partial charge in [0.05, 0.1) is 53.9 Å². The normalized spacial score (nSPS) is 19.5. The average Bonchev–Trinajstić information content (AvgIpc) is 2.81. The molecule has 0 spiro atoms. The summed E-state index contributed by atoms with van der Waals surface area (Å²) in [7, 11) is 2.52. The number of thioether (sulfide) groups is 4. The van der Waals surface area contributed by atoms with Crippen molar-refractivity contribution in [1.82, 2.24) is 0 Å². The Hall–Kier alpha value is -0.480. The highest BCUT2D eigenvalue weighted by atomic mass is 32.2. The third kappa shape index (κ3) is 12.7. The third-order valence-electron chi connectivity index (χ3n) is 3.63. The molecule has 0 aliphatic carbocycles. The van der Waals surface area contributed by atoms with E-state index in [-0.39, 0.29) is 0 Å². The van der Waals surface area contributed by atoms with Crippen LogP contribution in [0.15, 0.2) is 9.98 Å². The molecule has 1 aliphatic rings. The third-order valence-corrected chi connectivity index (χ3v) is 7.93. The molecule has 0 radical (unpaired) electrons. The van der Waals surface area contributed by atoms with Crippen LogP contribution in [-0.2, 0) is 28.5 Å². The second kappa shape index (κ2) is 18.9. The van der Waals surface area contributed by atoms with E-state index >= 15 is 0 Å². The number of carbonyl (C=O) groups excluding carboxylic acids is 2. The highest BCUT2D eigenvalue weighted by Crippen LogP contribution is 2.21. The second-order valence-corrected chi connectivity index (χ2v) is 10.7. The number of hydrogen-bond donors (Lipinski definition) is 2. The number of esters is 2. The van der Waals surface area contributed by atoms with Crippen molar-refractivity contribution in [2.24, 2.45) is 9.98 Å². The smallest absolute Gasteiger partial charge is 0.333 e. The van der Waals surface area contributed by atoms with E-state index in [1.54, 1.807) is 0 Å². The number of rotatable bonds is 6. The van der Waals surface area contributed by atoms with Crippen LogP contribution in [0.1, 0.15) is 0 Å². The summed E-state index contributed by atoms with van der Waals surface area (Å²) in [4.78, 5) is 32.0. The Morgan fingerprint density at radius 2 is 1.09 bits per heavy atom. The molecule has 1 saturated heterocycles. The van der Waals surface area contributed by atoms with Gasteiger partial charge in [-0.05, 0) is 0 Å². The zero-order valence-electron chi connectivity index (χ0n) is 18.1. The van der Waals surface area contributed by atoms with Crippen LogP contribution in [0.3, 0.4) is 0 Å². The average molecular weight is 531 g/mol. The Morgan fingerprint density at radius 1 is 0.781 bits per heavy atom. The molecule has 184 valence electrons. The van der Waals surface area contributed by atoms with Gasteiger partial charge in [0, 0.05) is 23.0 Å². The summed E-state index contributed by atoms with van der Waals surface area (Å²) >= 11 is 5.79. The number of nitrogens with zero attached hydrogens (tertiary/aromatic N) is 2. The molecule has 2 atom stereocenters. The number of aliphatic hydroxyl groups excluding tert-OH is 2. The van der Waals surface area contributed by atoms with Gasteiger partial charge >= 0.3 is 11.9 Å². The van der Waals surface area contributed by atoms with E-state index in [2.05, 4.69) is 19.5 Å². The van der Waals surface area contributed by atoms with Gasteiger partial charge in [-0.15, -0.1) is 0 Å². The van der Waals surface area contributed by atoms with Gasteiger partial charge < -0.3 is 29.2 Å². The van der Waals surface area contributed by atoms with Crippen LogP contribution in [0.25, 0.3) is 0 Å². The molecule has 0 saturated carbocycles. The van der Waals surface area contributed by atoms with E-state index in [9.17, 15) is 19.8 Å². The van der Waals surface area contributed by atoms with Crippen molar-refractivity contribution < 1.29 is 38.7 Å². The fourth-order valence-electron chi connectivity index (χ4n) is 2.05. The first-order valence-corrected chi connectivity index (χ1v) is 13.7. The van der Waals surface area contributed by atoms with E-state index in [0.29, 0.717) is 58.2 Å². The van der Waals surface area contributed by atoms with Gasteiger partial charge in [0.15, 0.2) is 12.1 Å². The Balaban J connectivity index is 2.69. The Bertz CT molecular complexity index is 552. The zero-order chi connectivity index (χ0) is 23.6. The topological polar surface area (TPSA) is 136 Å². The highest BCUT2D eigenvalue weighted by molar-refractivity contribution is 8.39. The van der Waals surface area contributed by atoms with Gasteiger partial charge in [0.2, 0.25) is 0 Å². The van der Waals surface area contributed by atoms with Gasteiger partial charge in [0.25, 0.3) is 0 Å². The van der Waals surface area contributed by atoms with Crippen LogP contribution in [0.4, 0.5) is 0 Å². The van der Waals surface area contributed by atoms with Crippen LogP contribution >= 0.6 is 47.0 Å². The summed E-state index contributed by atoms with van der Waals surface area (Å²) in [5.41, 5.74) is 0. The minimum absolute atomic E-state index is 0.421. The lowest BCUT2D eigenvalue weighted by molar-refractivity contribution is -0.143. The number of aliphatic hydroxyl groups is 2. The number of carbonyl (C=O) groups is 2. The maximum absolute atomic E-state index is 11.7. The van der Waals surface area contributed by atoms with Crippen molar-refractivity contribution in [2.45, 2.75) is 12.1 Å². The first kappa shape index (κ1) is 29.6. The van der Waals surface area contributed by atoms with E-state index in [1.807, 2.05) is 0 Å². The molecule has 14 heteroatoms. The molecule has 32 heavy (non-hydrogen) atoms. The highest BCUT2D eigenvalue weighted by Gasteiger charge is 2.19. The van der Waals surface area contributed by atoms with Crippen LogP contribution < -0.4 is 0 Å². The van der Waals surface area contributed by atoms with E-state index in [4.69, 9.17) is 9.47 Å². The molecule has 0 aromatic heterocycles. The SMILES string of the molecule is COC(=O)[C@H](CO)N=C1SCCOCCSC(=N[C@@H](CO)C(=O)OC)SCCOCCS1. The summed E-state index contributed by atoms with van der Waals surface area (Å²) in [6.45, 7) is 1.06. The number of methoxy groups -OCH3 is 2.